The van der Waals surface area contributed by atoms with Crippen molar-refractivity contribution >= 4 is 26.9 Å². The molecule has 0 amide bonds. The summed E-state index contributed by atoms with van der Waals surface area (Å²) in [4.78, 5) is 0. The molecule has 1 aromatic carbocycles. The number of rotatable bonds is 4. The molecule has 1 N–H and O–H groups in total. The number of fused-ring (bicyclic) bond motifs is 1. The van der Waals surface area contributed by atoms with Gasteiger partial charge in [-0.25, -0.2) is 0 Å². The summed E-state index contributed by atoms with van der Waals surface area (Å²) in [6, 6.07) is 4.78. The first-order chi connectivity index (χ1) is 8.90. The summed E-state index contributed by atoms with van der Waals surface area (Å²) >= 11 is 3.60. The predicted octanol–water partition coefficient (Wildman–Crippen LogP) is 5.13. The molecule has 1 aromatic heterocycles. The Morgan fingerprint density at radius 2 is 1.89 bits per heavy atom. The van der Waals surface area contributed by atoms with E-state index in [1.54, 1.807) is 0 Å². The number of hydrogen-bond acceptors (Lipinski definition) is 2. The van der Waals surface area contributed by atoms with E-state index in [2.05, 4.69) is 68.0 Å². The van der Waals surface area contributed by atoms with Crippen molar-refractivity contribution in [3.8, 4) is 0 Å². The third-order valence-electron chi connectivity index (χ3n) is 3.42. The van der Waals surface area contributed by atoms with Crippen LogP contribution in [0.2, 0.25) is 0 Å². The highest BCUT2D eigenvalue weighted by Gasteiger charge is 2.16. The van der Waals surface area contributed by atoms with Crippen LogP contribution in [0.1, 0.15) is 50.5 Å². The Hall–Kier alpha value is -0.800. The minimum absolute atomic E-state index is 0.455. The standard InChI is InChI=1S/C16H22BrNO/c1-9(2)13-6-12(17)7-14-11(5)15(19-16(13)14)8-18-10(3)4/h6-7,9-10,18H,8H2,1-5H3. The summed E-state index contributed by atoms with van der Waals surface area (Å²) < 4.78 is 7.23. The van der Waals surface area contributed by atoms with E-state index in [0.717, 1.165) is 22.4 Å². The average Bonchev–Trinajstić information content (AvgIpc) is 2.63. The molecule has 0 fully saturated rings. The maximum Gasteiger partial charge on any atom is 0.138 e. The minimum atomic E-state index is 0.455. The van der Waals surface area contributed by atoms with Gasteiger partial charge in [0.1, 0.15) is 11.3 Å². The summed E-state index contributed by atoms with van der Waals surface area (Å²) in [5.41, 5.74) is 3.55. The molecule has 0 saturated heterocycles. The maximum atomic E-state index is 6.11. The predicted molar refractivity (Wildman–Crippen MR) is 84.7 cm³/mol. The quantitative estimate of drug-likeness (QED) is 0.844. The maximum absolute atomic E-state index is 6.11. The largest absolute Gasteiger partial charge is 0.459 e. The summed E-state index contributed by atoms with van der Waals surface area (Å²) in [7, 11) is 0. The highest BCUT2D eigenvalue weighted by atomic mass is 79.9. The Kier molecular flexibility index (Phi) is 4.36. The SMILES string of the molecule is Cc1c(CNC(C)C)oc2c(C(C)C)cc(Br)cc12. The minimum Gasteiger partial charge on any atom is -0.459 e. The van der Waals surface area contributed by atoms with Crippen LogP contribution in [0.3, 0.4) is 0 Å². The zero-order valence-corrected chi connectivity index (χ0v) is 13.9. The number of furan rings is 1. The summed E-state index contributed by atoms with van der Waals surface area (Å²) in [6.45, 7) is 11.6. The molecule has 104 valence electrons. The van der Waals surface area contributed by atoms with Crippen molar-refractivity contribution in [2.45, 2.75) is 53.1 Å². The molecule has 0 radical (unpaired) electrons. The lowest BCUT2D eigenvalue weighted by Gasteiger charge is -2.07. The second-order valence-electron chi connectivity index (χ2n) is 5.71. The van der Waals surface area contributed by atoms with E-state index in [9.17, 15) is 0 Å². The monoisotopic (exact) mass is 323 g/mol. The number of hydrogen-bond donors (Lipinski definition) is 1. The fraction of sp³-hybridized carbons (Fsp3) is 0.500. The van der Waals surface area contributed by atoms with Crippen LogP contribution in [-0.2, 0) is 6.54 Å². The Labute approximate surface area is 123 Å². The lowest BCUT2D eigenvalue weighted by molar-refractivity contribution is 0.483. The van der Waals surface area contributed by atoms with E-state index in [1.165, 1.54) is 16.5 Å². The van der Waals surface area contributed by atoms with E-state index >= 15 is 0 Å². The smallest absolute Gasteiger partial charge is 0.138 e. The number of benzene rings is 1. The molecule has 0 unspecified atom stereocenters. The van der Waals surface area contributed by atoms with Crippen molar-refractivity contribution in [3.63, 3.8) is 0 Å². The first-order valence-corrected chi connectivity index (χ1v) is 7.64. The lowest BCUT2D eigenvalue weighted by atomic mass is 10.00. The van der Waals surface area contributed by atoms with Crippen LogP contribution in [0.15, 0.2) is 21.0 Å². The highest BCUT2D eigenvalue weighted by Crippen LogP contribution is 2.34. The van der Waals surface area contributed by atoms with Gasteiger partial charge in [0.05, 0.1) is 6.54 Å². The molecule has 0 saturated carbocycles. The second-order valence-corrected chi connectivity index (χ2v) is 6.63. The zero-order valence-electron chi connectivity index (χ0n) is 12.3. The van der Waals surface area contributed by atoms with Crippen molar-refractivity contribution in [2.24, 2.45) is 0 Å². The molecule has 2 aromatic rings. The van der Waals surface area contributed by atoms with Gasteiger partial charge in [0.25, 0.3) is 0 Å². The van der Waals surface area contributed by atoms with Crippen LogP contribution in [0.5, 0.6) is 0 Å². The molecule has 2 nitrogen and oxygen atoms in total. The van der Waals surface area contributed by atoms with Crippen LogP contribution < -0.4 is 5.32 Å². The molecule has 2 rings (SSSR count). The van der Waals surface area contributed by atoms with Crippen LogP contribution in [0, 0.1) is 6.92 Å². The van der Waals surface area contributed by atoms with Crippen LogP contribution >= 0.6 is 15.9 Å². The van der Waals surface area contributed by atoms with E-state index < -0.39 is 0 Å². The Balaban J connectivity index is 2.52. The first kappa shape index (κ1) is 14.6. The van der Waals surface area contributed by atoms with E-state index in [4.69, 9.17) is 4.42 Å². The molecule has 0 aliphatic carbocycles. The lowest BCUT2D eigenvalue weighted by Crippen LogP contribution is -2.21. The van der Waals surface area contributed by atoms with Gasteiger partial charge in [-0.3, -0.25) is 0 Å². The van der Waals surface area contributed by atoms with Crippen LogP contribution in [-0.4, -0.2) is 6.04 Å². The van der Waals surface area contributed by atoms with E-state index in [-0.39, 0.29) is 0 Å². The molecular formula is C16H22BrNO. The van der Waals surface area contributed by atoms with Crippen LogP contribution in [0.4, 0.5) is 0 Å². The molecule has 19 heavy (non-hydrogen) atoms. The van der Waals surface area contributed by atoms with Crippen molar-refractivity contribution in [1.29, 1.82) is 0 Å². The third kappa shape index (κ3) is 3.03. The Morgan fingerprint density at radius 1 is 1.21 bits per heavy atom. The fourth-order valence-electron chi connectivity index (χ4n) is 2.25. The number of aryl methyl sites for hydroxylation is 1. The van der Waals surface area contributed by atoms with E-state index in [0.29, 0.717) is 12.0 Å². The van der Waals surface area contributed by atoms with Gasteiger partial charge in [-0.1, -0.05) is 43.6 Å². The van der Waals surface area contributed by atoms with Gasteiger partial charge in [-0.15, -0.1) is 0 Å². The number of nitrogens with one attached hydrogen (secondary N) is 1. The molecule has 0 aliphatic rings. The molecule has 1 heterocycles. The van der Waals surface area contributed by atoms with Gasteiger partial charge in [0.2, 0.25) is 0 Å². The van der Waals surface area contributed by atoms with Crippen molar-refractivity contribution in [1.82, 2.24) is 5.32 Å². The molecule has 0 atom stereocenters. The van der Waals surface area contributed by atoms with E-state index in [1.807, 2.05) is 0 Å². The summed E-state index contributed by atoms with van der Waals surface area (Å²) in [6.07, 6.45) is 0. The van der Waals surface area contributed by atoms with Gasteiger partial charge in [0, 0.05) is 15.9 Å². The van der Waals surface area contributed by atoms with Crippen molar-refractivity contribution in [2.75, 3.05) is 0 Å². The van der Waals surface area contributed by atoms with Crippen molar-refractivity contribution < 1.29 is 4.42 Å². The molecule has 0 bridgehead atoms. The summed E-state index contributed by atoms with van der Waals surface area (Å²) in [5, 5.41) is 4.64. The topological polar surface area (TPSA) is 25.2 Å². The zero-order chi connectivity index (χ0) is 14.2. The van der Waals surface area contributed by atoms with Gasteiger partial charge in [0.15, 0.2) is 0 Å². The highest BCUT2D eigenvalue weighted by molar-refractivity contribution is 9.10. The normalized spacial score (nSPS) is 12.0. The van der Waals surface area contributed by atoms with Gasteiger partial charge in [-0.05, 0) is 36.1 Å². The van der Waals surface area contributed by atoms with Gasteiger partial charge >= 0.3 is 0 Å². The second kappa shape index (κ2) is 5.68. The Bertz CT molecular complexity index is 584. The molecule has 0 spiro atoms. The average molecular weight is 324 g/mol. The third-order valence-corrected chi connectivity index (χ3v) is 3.88. The van der Waals surface area contributed by atoms with Gasteiger partial charge < -0.3 is 9.73 Å². The molecule has 3 heteroatoms. The first-order valence-electron chi connectivity index (χ1n) is 6.85. The van der Waals surface area contributed by atoms with Crippen LogP contribution in [0.25, 0.3) is 11.0 Å². The molecule has 0 aliphatic heterocycles. The summed E-state index contributed by atoms with van der Waals surface area (Å²) in [5.74, 6) is 1.50. The molecular weight excluding hydrogens is 302 g/mol. The van der Waals surface area contributed by atoms with Gasteiger partial charge in [-0.2, -0.15) is 0 Å². The Morgan fingerprint density at radius 3 is 2.47 bits per heavy atom. The number of halogens is 1. The fourth-order valence-corrected chi connectivity index (χ4v) is 2.73. The van der Waals surface area contributed by atoms with Crippen molar-refractivity contribution in [3.05, 3.63) is 33.5 Å².